The molecule has 0 aliphatic heterocycles. The van der Waals surface area contributed by atoms with E-state index in [1.165, 1.54) is 31.3 Å². The highest BCUT2D eigenvalue weighted by molar-refractivity contribution is 5.94. The number of allylic oxidation sites excluding steroid dienone is 1. The van der Waals surface area contributed by atoms with Gasteiger partial charge in [0, 0.05) is 12.7 Å². The van der Waals surface area contributed by atoms with E-state index in [0.29, 0.717) is 12.2 Å². The maximum absolute atomic E-state index is 12.4. The van der Waals surface area contributed by atoms with Crippen molar-refractivity contribution >= 4 is 11.6 Å². The molecule has 2 aromatic heterocycles. The fourth-order valence-electron chi connectivity index (χ4n) is 2.94. The van der Waals surface area contributed by atoms with Crippen molar-refractivity contribution in [2.45, 2.75) is 39.0 Å². The fourth-order valence-corrected chi connectivity index (χ4v) is 2.94. The van der Waals surface area contributed by atoms with E-state index in [0.717, 1.165) is 17.8 Å². The number of carbonyl (C=O) groups excluding carboxylic acids is 1. The Bertz CT molecular complexity index is 684. The van der Waals surface area contributed by atoms with Crippen LogP contribution in [0.25, 0.3) is 5.65 Å². The van der Waals surface area contributed by atoms with Crippen LogP contribution in [0.4, 0.5) is 0 Å². The summed E-state index contributed by atoms with van der Waals surface area (Å²) in [5, 5.41) is 3.02. The number of rotatable bonds is 4. The van der Waals surface area contributed by atoms with E-state index in [1.54, 1.807) is 0 Å². The number of carbonyl (C=O) groups is 1. The van der Waals surface area contributed by atoms with Gasteiger partial charge in [-0.2, -0.15) is 0 Å². The molecule has 0 bridgehead atoms. The molecule has 0 spiro atoms. The van der Waals surface area contributed by atoms with Crippen LogP contribution >= 0.6 is 0 Å². The lowest BCUT2D eigenvalue weighted by atomic mass is 9.97. The lowest BCUT2D eigenvalue weighted by molar-refractivity contribution is 0.0947. The van der Waals surface area contributed by atoms with Crippen molar-refractivity contribution in [2.24, 2.45) is 0 Å². The van der Waals surface area contributed by atoms with Crippen molar-refractivity contribution in [1.82, 2.24) is 14.7 Å². The number of hydrogen-bond donors (Lipinski definition) is 1. The molecule has 21 heavy (non-hydrogen) atoms. The average Bonchev–Trinajstić information content (AvgIpc) is 2.84. The summed E-state index contributed by atoms with van der Waals surface area (Å²) in [6.07, 6.45) is 10.1. The molecule has 1 aliphatic carbocycles. The van der Waals surface area contributed by atoms with E-state index in [1.807, 2.05) is 35.7 Å². The molecule has 1 amide bonds. The fraction of sp³-hybridized carbons (Fsp3) is 0.412. The van der Waals surface area contributed by atoms with Crippen LogP contribution in [0, 0.1) is 6.92 Å². The molecule has 0 atom stereocenters. The molecule has 3 rings (SSSR count). The molecule has 0 radical (unpaired) electrons. The molecule has 2 aromatic rings. The zero-order valence-corrected chi connectivity index (χ0v) is 12.4. The molecule has 4 heteroatoms. The molecule has 1 N–H and O–H groups in total. The molecule has 4 nitrogen and oxygen atoms in total. The normalized spacial score (nSPS) is 15.0. The highest BCUT2D eigenvalue weighted by Gasteiger charge is 2.15. The number of amides is 1. The second-order valence-corrected chi connectivity index (χ2v) is 5.59. The molecule has 110 valence electrons. The Hall–Kier alpha value is -2.10. The van der Waals surface area contributed by atoms with Crippen LogP contribution in [0.3, 0.4) is 0 Å². The van der Waals surface area contributed by atoms with E-state index in [4.69, 9.17) is 0 Å². The number of nitrogens with one attached hydrogen (secondary N) is 1. The monoisotopic (exact) mass is 283 g/mol. The summed E-state index contributed by atoms with van der Waals surface area (Å²) in [4.78, 5) is 16.8. The maximum atomic E-state index is 12.4. The van der Waals surface area contributed by atoms with Crippen LogP contribution < -0.4 is 5.32 Å². The molecule has 0 unspecified atom stereocenters. The molecule has 0 saturated heterocycles. The van der Waals surface area contributed by atoms with Crippen molar-refractivity contribution in [1.29, 1.82) is 0 Å². The smallest absolute Gasteiger partial charge is 0.270 e. The van der Waals surface area contributed by atoms with Gasteiger partial charge in [-0.3, -0.25) is 9.20 Å². The summed E-state index contributed by atoms with van der Waals surface area (Å²) in [6.45, 7) is 2.58. The van der Waals surface area contributed by atoms with Crippen molar-refractivity contribution in [3.63, 3.8) is 0 Å². The van der Waals surface area contributed by atoms with Gasteiger partial charge in [0.1, 0.15) is 11.3 Å². The predicted octanol–water partition coefficient (Wildman–Crippen LogP) is 3.26. The number of imidazole rings is 1. The Labute approximate surface area is 124 Å². The van der Waals surface area contributed by atoms with Gasteiger partial charge in [-0.05, 0) is 51.2 Å². The van der Waals surface area contributed by atoms with Crippen LogP contribution in [0.5, 0.6) is 0 Å². The van der Waals surface area contributed by atoms with Gasteiger partial charge in [0.15, 0.2) is 0 Å². The first-order valence-electron chi connectivity index (χ1n) is 7.65. The van der Waals surface area contributed by atoms with E-state index < -0.39 is 0 Å². The number of hydrogen-bond acceptors (Lipinski definition) is 2. The summed E-state index contributed by atoms with van der Waals surface area (Å²) >= 11 is 0. The quantitative estimate of drug-likeness (QED) is 0.875. The first kappa shape index (κ1) is 13.9. The average molecular weight is 283 g/mol. The van der Waals surface area contributed by atoms with Gasteiger partial charge in [0.25, 0.3) is 5.91 Å². The van der Waals surface area contributed by atoms with Gasteiger partial charge in [-0.1, -0.05) is 17.7 Å². The van der Waals surface area contributed by atoms with Crippen molar-refractivity contribution in [3.8, 4) is 0 Å². The zero-order chi connectivity index (χ0) is 14.7. The van der Waals surface area contributed by atoms with Crippen LogP contribution in [0.1, 0.15) is 48.3 Å². The summed E-state index contributed by atoms with van der Waals surface area (Å²) in [7, 11) is 0. The Kier molecular flexibility index (Phi) is 4.04. The minimum atomic E-state index is -0.0393. The number of aromatic nitrogens is 2. The lowest BCUT2D eigenvalue weighted by Crippen LogP contribution is -2.26. The standard InChI is InChI=1S/C17H21N3O/c1-13-16(20-12-6-5-9-15(20)19-13)17(21)18-11-10-14-7-3-2-4-8-14/h5-7,9,12H,2-4,8,10-11H2,1H3,(H,18,21). The molecule has 0 aromatic carbocycles. The van der Waals surface area contributed by atoms with E-state index in [2.05, 4.69) is 16.4 Å². The Morgan fingerprint density at radius 1 is 1.38 bits per heavy atom. The van der Waals surface area contributed by atoms with Gasteiger partial charge in [0.2, 0.25) is 0 Å². The zero-order valence-electron chi connectivity index (χ0n) is 12.4. The molecule has 0 fully saturated rings. The van der Waals surface area contributed by atoms with E-state index >= 15 is 0 Å². The number of fused-ring (bicyclic) bond motifs is 1. The molecule has 2 heterocycles. The number of pyridine rings is 1. The van der Waals surface area contributed by atoms with E-state index in [-0.39, 0.29) is 5.91 Å². The Balaban J connectivity index is 1.67. The maximum Gasteiger partial charge on any atom is 0.270 e. The lowest BCUT2D eigenvalue weighted by Gasteiger charge is -2.13. The summed E-state index contributed by atoms with van der Waals surface area (Å²) < 4.78 is 1.85. The first-order valence-corrected chi connectivity index (χ1v) is 7.65. The number of aryl methyl sites for hydroxylation is 1. The Morgan fingerprint density at radius 3 is 3.10 bits per heavy atom. The van der Waals surface area contributed by atoms with E-state index in [9.17, 15) is 4.79 Å². The summed E-state index contributed by atoms with van der Waals surface area (Å²) in [5.41, 5.74) is 3.71. The van der Waals surface area contributed by atoms with Gasteiger partial charge in [-0.25, -0.2) is 4.98 Å². The van der Waals surface area contributed by atoms with Crippen molar-refractivity contribution < 1.29 is 4.79 Å². The minimum Gasteiger partial charge on any atom is -0.350 e. The van der Waals surface area contributed by atoms with Crippen LogP contribution in [-0.2, 0) is 0 Å². The molecule has 1 aliphatic rings. The SMILES string of the molecule is Cc1nc2ccccn2c1C(=O)NCCC1=CCCCC1. The van der Waals surface area contributed by atoms with Gasteiger partial charge in [0.05, 0.1) is 5.69 Å². The predicted molar refractivity (Wildman–Crippen MR) is 83.4 cm³/mol. The van der Waals surface area contributed by atoms with Crippen LogP contribution in [0.15, 0.2) is 36.0 Å². The largest absolute Gasteiger partial charge is 0.350 e. The van der Waals surface area contributed by atoms with Gasteiger partial charge >= 0.3 is 0 Å². The summed E-state index contributed by atoms with van der Waals surface area (Å²) in [6, 6.07) is 5.76. The Morgan fingerprint density at radius 2 is 2.29 bits per heavy atom. The third kappa shape index (κ3) is 2.99. The third-order valence-corrected chi connectivity index (χ3v) is 4.04. The highest BCUT2D eigenvalue weighted by atomic mass is 16.1. The first-order chi connectivity index (χ1) is 10.3. The van der Waals surface area contributed by atoms with Crippen molar-refractivity contribution in [2.75, 3.05) is 6.54 Å². The third-order valence-electron chi connectivity index (χ3n) is 4.04. The molecular weight excluding hydrogens is 262 g/mol. The second kappa shape index (κ2) is 6.12. The topological polar surface area (TPSA) is 46.4 Å². The van der Waals surface area contributed by atoms with Crippen molar-refractivity contribution in [3.05, 3.63) is 47.4 Å². The van der Waals surface area contributed by atoms with Crippen LogP contribution in [0.2, 0.25) is 0 Å². The van der Waals surface area contributed by atoms with Crippen LogP contribution in [-0.4, -0.2) is 21.8 Å². The number of nitrogens with zero attached hydrogens (tertiary/aromatic N) is 2. The second-order valence-electron chi connectivity index (χ2n) is 5.59. The molecular formula is C17H21N3O. The van der Waals surface area contributed by atoms with Gasteiger partial charge in [-0.15, -0.1) is 0 Å². The highest BCUT2D eigenvalue weighted by Crippen LogP contribution is 2.19. The molecule has 0 saturated carbocycles. The minimum absolute atomic E-state index is 0.0393. The van der Waals surface area contributed by atoms with Gasteiger partial charge < -0.3 is 5.32 Å². The summed E-state index contributed by atoms with van der Waals surface area (Å²) in [5.74, 6) is -0.0393.